The number of amides is 2. The smallest absolute Gasteiger partial charge is 0.250 e. The third kappa shape index (κ3) is 3.89. The van der Waals surface area contributed by atoms with Gasteiger partial charge in [0.15, 0.2) is 0 Å². The summed E-state index contributed by atoms with van der Waals surface area (Å²) in [6.07, 6.45) is 1.54. The summed E-state index contributed by atoms with van der Waals surface area (Å²) in [6.45, 7) is 2.40. The molecule has 0 saturated carbocycles. The molecule has 2 heterocycles. The lowest BCUT2D eigenvalue weighted by molar-refractivity contribution is -0.121. The summed E-state index contributed by atoms with van der Waals surface area (Å²) < 4.78 is 0. The minimum Gasteiger partial charge on any atom is -0.366 e. The highest BCUT2D eigenvalue weighted by Gasteiger charge is 2.26. The van der Waals surface area contributed by atoms with E-state index in [0.29, 0.717) is 11.3 Å². The van der Waals surface area contributed by atoms with Gasteiger partial charge in [-0.15, -0.1) is 0 Å². The van der Waals surface area contributed by atoms with Crippen molar-refractivity contribution in [3.63, 3.8) is 0 Å². The van der Waals surface area contributed by atoms with E-state index in [-0.39, 0.29) is 11.8 Å². The van der Waals surface area contributed by atoms with Gasteiger partial charge in [0.1, 0.15) is 5.82 Å². The largest absolute Gasteiger partial charge is 0.366 e. The molecule has 0 radical (unpaired) electrons. The fourth-order valence-corrected chi connectivity index (χ4v) is 3.69. The van der Waals surface area contributed by atoms with E-state index >= 15 is 0 Å². The van der Waals surface area contributed by atoms with E-state index in [1.54, 1.807) is 24.3 Å². The first kappa shape index (κ1) is 18.2. The van der Waals surface area contributed by atoms with Crippen LogP contribution in [0.15, 0.2) is 48.5 Å². The number of likely N-dealkylation sites (tertiary alicyclic amines) is 1. The van der Waals surface area contributed by atoms with Gasteiger partial charge >= 0.3 is 0 Å². The molecule has 1 aliphatic rings. The Morgan fingerprint density at radius 1 is 1.11 bits per heavy atom. The van der Waals surface area contributed by atoms with Crippen LogP contribution in [0.25, 0.3) is 11.0 Å². The Bertz CT molecular complexity index is 972. The number of imidazole rings is 1. The number of rotatable bonds is 5. The summed E-state index contributed by atoms with van der Waals surface area (Å²) in [4.78, 5) is 34.4. The molecule has 0 unspecified atom stereocenters. The first-order valence-electron chi connectivity index (χ1n) is 9.46. The van der Waals surface area contributed by atoms with Crippen LogP contribution in [-0.4, -0.2) is 39.8 Å². The molecule has 4 N–H and O–H groups in total. The third-order valence-corrected chi connectivity index (χ3v) is 5.22. The number of H-pyrrole nitrogens is 1. The van der Waals surface area contributed by atoms with Crippen molar-refractivity contribution in [2.75, 3.05) is 18.4 Å². The summed E-state index contributed by atoms with van der Waals surface area (Å²) in [6, 6.07) is 14.8. The van der Waals surface area contributed by atoms with E-state index in [9.17, 15) is 9.59 Å². The summed E-state index contributed by atoms with van der Waals surface area (Å²) in [5.74, 6) is 0.265. The number of aromatic nitrogens is 2. The zero-order chi connectivity index (χ0) is 19.5. The van der Waals surface area contributed by atoms with Crippen molar-refractivity contribution in [1.29, 1.82) is 0 Å². The van der Waals surface area contributed by atoms with Crippen LogP contribution in [0.2, 0.25) is 0 Å². The van der Waals surface area contributed by atoms with Crippen LogP contribution in [0.1, 0.15) is 29.0 Å². The third-order valence-electron chi connectivity index (χ3n) is 5.22. The van der Waals surface area contributed by atoms with Crippen molar-refractivity contribution in [3.05, 3.63) is 59.9 Å². The molecule has 1 saturated heterocycles. The van der Waals surface area contributed by atoms with Crippen LogP contribution in [0.5, 0.6) is 0 Å². The number of carbonyl (C=O) groups excluding carboxylic acids is 2. The first-order valence-corrected chi connectivity index (χ1v) is 9.46. The van der Waals surface area contributed by atoms with E-state index in [1.165, 1.54) is 0 Å². The Hall–Kier alpha value is -3.19. The number of nitrogens with one attached hydrogen (secondary N) is 2. The second-order valence-electron chi connectivity index (χ2n) is 7.15. The molecular weight excluding hydrogens is 354 g/mol. The highest BCUT2D eigenvalue weighted by Crippen LogP contribution is 2.22. The fourth-order valence-electron chi connectivity index (χ4n) is 3.69. The van der Waals surface area contributed by atoms with Crippen LogP contribution < -0.4 is 11.1 Å². The predicted octanol–water partition coefficient (Wildman–Crippen LogP) is 2.51. The van der Waals surface area contributed by atoms with Crippen LogP contribution in [0.4, 0.5) is 5.69 Å². The van der Waals surface area contributed by atoms with Crippen LogP contribution in [0.3, 0.4) is 0 Å². The number of aromatic amines is 1. The topological polar surface area (TPSA) is 104 Å². The fraction of sp³-hybridized carbons (Fsp3) is 0.286. The molecule has 0 atom stereocenters. The molecule has 7 nitrogen and oxygen atoms in total. The number of nitrogens with zero attached hydrogens (tertiary/aromatic N) is 2. The van der Waals surface area contributed by atoms with Crippen LogP contribution >= 0.6 is 0 Å². The van der Waals surface area contributed by atoms with Crippen molar-refractivity contribution < 1.29 is 9.59 Å². The number of hydrogen-bond acceptors (Lipinski definition) is 4. The molecule has 2 aromatic carbocycles. The average molecular weight is 377 g/mol. The van der Waals surface area contributed by atoms with Gasteiger partial charge in [-0.05, 0) is 50.2 Å². The number of para-hydroxylation sites is 3. The number of carbonyl (C=O) groups is 2. The molecule has 144 valence electrons. The maximum Gasteiger partial charge on any atom is 0.250 e. The summed E-state index contributed by atoms with van der Waals surface area (Å²) >= 11 is 0. The van der Waals surface area contributed by atoms with Crippen molar-refractivity contribution in [1.82, 2.24) is 14.9 Å². The number of piperidine rings is 1. The SMILES string of the molecule is NC(=O)c1ccccc1NC(=O)C1CCN(Cc2nc3ccccc3[nH]2)CC1. The number of nitrogens with two attached hydrogens (primary N) is 1. The molecule has 4 rings (SSSR count). The first-order chi connectivity index (χ1) is 13.6. The zero-order valence-electron chi connectivity index (χ0n) is 15.5. The number of hydrogen-bond donors (Lipinski definition) is 3. The Kier molecular flexibility index (Phi) is 5.08. The van der Waals surface area contributed by atoms with Gasteiger partial charge in [-0.1, -0.05) is 24.3 Å². The quantitative estimate of drug-likeness (QED) is 0.635. The Morgan fingerprint density at radius 2 is 1.82 bits per heavy atom. The van der Waals surface area contributed by atoms with Crippen LogP contribution in [-0.2, 0) is 11.3 Å². The van der Waals surface area contributed by atoms with Gasteiger partial charge in [0, 0.05) is 5.92 Å². The summed E-state index contributed by atoms with van der Waals surface area (Å²) in [5.41, 5.74) is 8.20. The highest BCUT2D eigenvalue weighted by molar-refractivity contribution is 6.03. The predicted molar refractivity (Wildman–Crippen MR) is 108 cm³/mol. The van der Waals surface area contributed by atoms with Gasteiger partial charge in [-0.3, -0.25) is 14.5 Å². The molecule has 3 aromatic rings. The molecule has 0 spiro atoms. The number of benzene rings is 2. The Morgan fingerprint density at radius 3 is 2.57 bits per heavy atom. The second kappa shape index (κ2) is 7.82. The lowest BCUT2D eigenvalue weighted by atomic mass is 9.95. The second-order valence-corrected chi connectivity index (χ2v) is 7.15. The Balaban J connectivity index is 1.33. The standard InChI is InChI=1S/C21H23N5O2/c22-20(27)15-5-1-2-6-16(15)25-21(28)14-9-11-26(12-10-14)13-19-23-17-7-3-4-8-18(17)24-19/h1-8,14H,9-13H2,(H2,22,27)(H,23,24)(H,25,28). The molecule has 7 heteroatoms. The number of anilines is 1. The molecule has 0 bridgehead atoms. The molecular formula is C21H23N5O2. The molecule has 1 aromatic heterocycles. The minimum absolute atomic E-state index is 0.0583. The summed E-state index contributed by atoms with van der Waals surface area (Å²) in [5, 5.41) is 2.87. The van der Waals surface area contributed by atoms with Gasteiger partial charge in [0.2, 0.25) is 5.91 Å². The van der Waals surface area contributed by atoms with E-state index in [4.69, 9.17) is 5.73 Å². The normalized spacial score (nSPS) is 15.6. The van der Waals surface area contributed by atoms with E-state index in [2.05, 4.69) is 20.2 Å². The Labute approximate surface area is 162 Å². The zero-order valence-corrected chi connectivity index (χ0v) is 15.5. The van der Waals surface area contributed by atoms with E-state index < -0.39 is 5.91 Å². The van der Waals surface area contributed by atoms with Crippen molar-refractivity contribution >= 4 is 28.5 Å². The van der Waals surface area contributed by atoms with Crippen molar-refractivity contribution in [3.8, 4) is 0 Å². The van der Waals surface area contributed by atoms with Crippen molar-refractivity contribution in [2.45, 2.75) is 19.4 Å². The number of fused-ring (bicyclic) bond motifs is 1. The van der Waals surface area contributed by atoms with Gasteiger partial charge < -0.3 is 16.0 Å². The molecule has 1 fully saturated rings. The van der Waals surface area contributed by atoms with Gasteiger partial charge in [-0.25, -0.2) is 4.98 Å². The van der Waals surface area contributed by atoms with E-state index in [1.807, 2.05) is 24.3 Å². The maximum atomic E-state index is 12.6. The minimum atomic E-state index is -0.545. The van der Waals surface area contributed by atoms with Crippen molar-refractivity contribution in [2.24, 2.45) is 11.7 Å². The van der Waals surface area contributed by atoms with Crippen LogP contribution in [0, 0.1) is 5.92 Å². The number of primary amides is 1. The lowest BCUT2D eigenvalue weighted by Crippen LogP contribution is -2.38. The van der Waals surface area contributed by atoms with Gasteiger partial charge in [-0.2, -0.15) is 0 Å². The average Bonchev–Trinajstić information content (AvgIpc) is 3.11. The van der Waals surface area contributed by atoms with E-state index in [0.717, 1.165) is 49.3 Å². The monoisotopic (exact) mass is 377 g/mol. The van der Waals surface area contributed by atoms with Gasteiger partial charge in [0.25, 0.3) is 5.91 Å². The maximum absolute atomic E-state index is 12.6. The molecule has 2 amide bonds. The summed E-state index contributed by atoms with van der Waals surface area (Å²) in [7, 11) is 0. The molecule has 28 heavy (non-hydrogen) atoms. The highest BCUT2D eigenvalue weighted by atomic mass is 16.2. The molecule has 0 aliphatic carbocycles. The lowest BCUT2D eigenvalue weighted by Gasteiger charge is -2.30. The van der Waals surface area contributed by atoms with Gasteiger partial charge in [0.05, 0.1) is 28.8 Å². The molecule has 1 aliphatic heterocycles.